The van der Waals surface area contributed by atoms with Crippen LogP contribution in [-0.4, -0.2) is 55.3 Å². The normalized spacial score (nSPS) is 20.8. The van der Waals surface area contributed by atoms with Crippen LogP contribution >= 0.6 is 0 Å². The monoisotopic (exact) mass is 300 g/mol. The standard InChI is InChI=1S/C15H28N2O4/c1-11(10-20-5)16-13(18)12-7-6-8-17(9-12)14(19)21-15(2,3)4/h11-12H,6-10H2,1-5H3,(H,16,18)/t11-,12+/m1/s1. The number of amides is 2. The highest BCUT2D eigenvalue weighted by Gasteiger charge is 2.31. The predicted octanol–water partition coefficient (Wildman–Crippen LogP) is 1.78. The minimum atomic E-state index is -0.515. The molecule has 122 valence electrons. The molecule has 0 bridgehead atoms. The van der Waals surface area contributed by atoms with Crippen LogP contribution in [0.2, 0.25) is 0 Å². The van der Waals surface area contributed by atoms with Gasteiger partial charge in [0, 0.05) is 26.2 Å². The molecule has 21 heavy (non-hydrogen) atoms. The van der Waals surface area contributed by atoms with Crippen molar-refractivity contribution in [3.8, 4) is 0 Å². The van der Waals surface area contributed by atoms with Crippen molar-refractivity contribution in [1.29, 1.82) is 0 Å². The van der Waals surface area contributed by atoms with Crippen LogP contribution in [-0.2, 0) is 14.3 Å². The van der Waals surface area contributed by atoms with Gasteiger partial charge in [-0.25, -0.2) is 4.79 Å². The van der Waals surface area contributed by atoms with E-state index in [1.165, 1.54) is 0 Å². The third-order valence-corrected chi connectivity index (χ3v) is 3.25. The van der Waals surface area contributed by atoms with Gasteiger partial charge < -0.3 is 19.7 Å². The molecule has 2 amide bonds. The molecular weight excluding hydrogens is 272 g/mol. The topological polar surface area (TPSA) is 67.9 Å². The van der Waals surface area contributed by atoms with Crippen LogP contribution in [0.25, 0.3) is 0 Å². The number of carbonyl (C=O) groups is 2. The van der Waals surface area contributed by atoms with Gasteiger partial charge in [0.15, 0.2) is 0 Å². The van der Waals surface area contributed by atoms with Gasteiger partial charge in [-0.3, -0.25) is 4.79 Å². The van der Waals surface area contributed by atoms with Crippen molar-refractivity contribution in [3.63, 3.8) is 0 Å². The van der Waals surface area contributed by atoms with E-state index >= 15 is 0 Å². The van der Waals surface area contributed by atoms with Gasteiger partial charge in [-0.1, -0.05) is 0 Å². The van der Waals surface area contributed by atoms with Gasteiger partial charge in [0.25, 0.3) is 0 Å². The van der Waals surface area contributed by atoms with Crippen molar-refractivity contribution in [2.45, 2.75) is 52.2 Å². The minimum Gasteiger partial charge on any atom is -0.444 e. The summed E-state index contributed by atoms with van der Waals surface area (Å²) in [6.45, 7) is 8.96. The van der Waals surface area contributed by atoms with E-state index in [1.54, 1.807) is 12.0 Å². The highest BCUT2D eigenvalue weighted by atomic mass is 16.6. The second-order valence-electron chi connectivity index (χ2n) is 6.63. The zero-order valence-corrected chi connectivity index (χ0v) is 13.8. The van der Waals surface area contributed by atoms with E-state index in [9.17, 15) is 9.59 Å². The Morgan fingerprint density at radius 1 is 1.38 bits per heavy atom. The van der Waals surface area contributed by atoms with E-state index in [4.69, 9.17) is 9.47 Å². The lowest BCUT2D eigenvalue weighted by Gasteiger charge is -2.33. The first-order chi connectivity index (χ1) is 9.73. The molecule has 2 atom stereocenters. The molecule has 1 fully saturated rings. The lowest BCUT2D eigenvalue weighted by atomic mass is 9.97. The number of piperidine rings is 1. The first-order valence-corrected chi connectivity index (χ1v) is 7.50. The molecule has 1 N–H and O–H groups in total. The summed E-state index contributed by atoms with van der Waals surface area (Å²) in [6.07, 6.45) is 1.27. The maximum Gasteiger partial charge on any atom is 0.410 e. The molecule has 6 heteroatoms. The predicted molar refractivity (Wildman–Crippen MR) is 80.0 cm³/mol. The Balaban J connectivity index is 2.51. The first kappa shape index (κ1) is 17.8. The Kier molecular flexibility index (Phi) is 6.45. The van der Waals surface area contributed by atoms with E-state index in [1.807, 2.05) is 27.7 Å². The van der Waals surface area contributed by atoms with Gasteiger partial charge in [-0.05, 0) is 40.5 Å². The number of nitrogens with one attached hydrogen (secondary N) is 1. The zero-order valence-electron chi connectivity index (χ0n) is 13.8. The molecule has 1 saturated heterocycles. The van der Waals surface area contributed by atoms with Crippen molar-refractivity contribution >= 4 is 12.0 Å². The Morgan fingerprint density at radius 3 is 2.62 bits per heavy atom. The minimum absolute atomic E-state index is 0.0205. The molecule has 1 aliphatic heterocycles. The third kappa shape index (κ3) is 6.33. The molecule has 0 spiro atoms. The Bertz CT molecular complexity index is 365. The summed E-state index contributed by atoms with van der Waals surface area (Å²) in [5.74, 6) is -0.196. The Labute approximate surface area is 127 Å². The molecule has 0 aromatic heterocycles. The molecule has 0 saturated carbocycles. The summed E-state index contributed by atoms with van der Waals surface area (Å²) < 4.78 is 10.4. The van der Waals surface area contributed by atoms with E-state index in [2.05, 4.69) is 5.32 Å². The number of nitrogens with zero attached hydrogens (tertiary/aromatic N) is 1. The van der Waals surface area contributed by atoms with Gasteiger partial charge in [0.1, 0.15) is 5.60 Å². The highest BCUT2D eigenvalue weighted by molar-refractivity contribution is 5.80. The average molecular weight is 300 g/mol. The first-order valence-electron chi connectivity index (χ1n) is 7.50. The fourth-order valence-electron chi connectivity index (χ4n) is 2.34. The summed E-state index contributed by atoms with van der Waals surface area (Å²) in [4.78, 5) is 25.9. The van der Waals surface area contributed by atoms with Gasteiger partial charge in [0.2, 0.25) is 5.91 Å². The maximum atomic E-state index is 12.2. The lowest BCUT2D eigenvalue weighted by molar-refractivity contribution is -0.127. The second-order valence-corrected chi connectivity index (χ2v) is 6.63. The second kappa shape index (κ2) is 7.64. The fraction of sp³-hybridized carbons (Fsp3) is 0.867. The number of carbonyl (C=O) groups excluding carboxylic acids is 2. The van der Waals surface area contributed by atoms with Gasteiger partial charge in [0.05, 0.1) is 12.5 Å². The summed E-state index contributed by atoms with van der Waals surface area (Å²) in [6, 6.07) is -0.0283. The van der Waals surface area contributed by atoms with Crippen LogP contribution in [0, 0.1) is 5.92 Å². The number of rotatable bonds is 4. The molecule has 1 heterocycles. The van der Waals surface area contributed by atoms with Crippen LogP contribution in [0.3, 0.4) is 0 Å². The summed E-state index contributed by atoms with van der Waals surface area (Å²) in [7, 11) is 1.60. The molecule has 6 nitrogen and oxygen atoms in total. The van der Waals surface area contributed by atoms with Gasteiger partial charge >= 0.3 is 6.09 Å². The average Bonchev–Trinajstić information content (AvgIpc) is 2.37. The van der Waals surface area contributed by atoms with E-state index in [0.717, 1.165) is 12.8 Å². The molecule has 0 aliphatic carbocycles. The van der Waals surface area contributed by atoms with Crippen molar-refractivity contribution in [1.82, 2.24) is 10.2 Å². The van der Waals surface area contributed by atoms with Crippen LogP contribution in [0.15, 0.2) is 0 Å². The Hall–Kier alpha value is -1.30. The van der Waals surface area contributed by atoms with Crippen LogP contribution in [0.1, 0.15) is 40.5 Å². The number of hydrogen-bond donors (Lipinski definition) is 1. The maximum absolute atomic E-state index is 12.2. The molecule has 0 radical (unpaired) electrons. The van der Waals surface area contributed by atoms with Crippen molar-refractivity contribution < 1.29 is 19.1 Å². The van der Waals surface area contributed by atoms with Crippen LogP contribution < -0.4 is 5.32 Å². The number of ether oxygens (including phenoxy) is 2. The fourth-order valence-corrected chi connectivity index (χ4v) is 2.34. The van der Waals surface area contributed by atoms with Crippen molar-refractivity contribution in [2.75, 3.05) is 26.8 Å². The largest absolute Gasteiger partial charge is 0.444 e. The highest BCUT2D eigenvalue weighted by Crippen LogP contribution is 2.19. The molecule has 0 aromatic carbocycles. The smallest absolute Gasteiger partial charge is 0.410 e. The summed E-state index contributed by atoms with van der Waals surface area (Å²) >= 11 is 0. The zero-order chi connectivity index (χ0) is 16.0. The van der Waals surface area contributed by atoms with Crippen molar-refractivity contribution in [2.24, 2.45) is 5.92 Å². The SMILES string of the molecule is COC[C@@H](C)NC(=O)[C@H]1CCCN(C(=O)OC(C)(C)C)C1. The number of likely N-dealkylation sites (tertiary alicyclic amines) is 1. The summed E-state index contributed by atoms with van der Waals surface area (Å²) in [5, 5.41) is 2.92. The molecule has 0 unspecified atom stereocenters. The van der Waals surface area contributed by atoms with Crippen LogP contribution in [0.4, 0.5) is 4.79 Å². The van der Waals surface area contributed by atoms with Gasteiger partial charge in [-0.2, -0.15) is 0 Å². The third-order valence-electron chi connectivity index (χ3n) is 3.25. The molecule has 0 aromatic rings. The van der Waals surface area contributed by atoms with E-state index in [0.29, 0.717) is 19.7 Å². The quantitative estimate of drug-likeness (QED) is 0.859. The van der Waals surface area contributed by atoms with E-state index in [-0.39, 0.29) is 24.0 Å². The summed E-state index contributed by atoms with van der Waals surface area (Å²) in [5.41, 5.74) is -0.515. The van der Waals surface area contributed by atoms with Crippen molar-refractivity contribution in [3.05, 3.63) is 0 Å². The number of hydrogen-bond acceptors (Lipinski definition) is 4. The lowest BCUT2D eigenvalue weighted by Crippen LogP contribution is -2.48. The molecule has 1 rings (SSSR count). The molecular formula is C15H28N2O4. The Morgan fingerprint density at radius 2 is 2.05 bits per heavy atom. The number of methoxy groups -OCH3 is 1. The molecule has 1 aliphatic rings. The van der Waals surface area contributed by atoms with E-state index < -0.39 is 5.60 Å². The van der Waals surface area contributed by atoms with Gasteiger partial charge in [-0.15, -0.1) is 0 Å². The van der Waals surface area contributed by atoms with Crippen LogP contribution in [0.5, 0.6) is 0 Å².